The third-order valence-corrected chi connectivity index (χ3v) is 9.75. The van der Waals surface area contributed by atoms with Gasteiger partial charge in [-0.25, -0.2) is 0 Å². The number of aromatic hydroxyl groups is 5. The number of rotatable bonds is 5. The Morgan fingerprint density at radius 3 is 2.17 bits per heavy atom. The van der Waals surface area contributed by atoms with E-state index in [0.29, 0.717) is 40.2 Å². The van der Waals surface area contributed by atoms with Crippen LogP contribution >= 0.6 is 0 Å². The zero-order valence-corrected chi connectivity index (χ0v) is 27.2. The first-order valence-corrected chi connectivity index (χ1v) is 16.1. The van der Waals surface area contributed by atoms with E-state index >= 15 is 0 Å². The Hall–Kier alpha value is -5.31. The molecule has 48 heavy (non-hydrogen) atoms. The van der Waals surface area contributed by atoms with Crippen molar-refractivity contribution >= 4 is 5.78 Å². The Morgan fingerprint density at radius 1 is 0.792 bits per heavy atom. The Bertz CT molecular complexity index is 1950. The number of benzene rings is 4. The van der Waals surface area contributed by atoms with Gasteiger partial charge in [0.1, 0.15) is 69.4 Å². The van der Waals surface area contributed by atoms with Crippen LogP contribution in [-0.2, 0) is 6.42 Å². The van der Waals surface area contributed by atoms with E-state index in [2.05, 4.69) is 6.08 Å². The van der Waals surface area contributed by atoms with E-state index in [9.17, 15) is 30.3 Å². The molecule has 3 aliphatic rings. The molecule has 4 aromatic rings. The summed E-state index contributed by atoms with van der Waals surface area (Å²) >= 11 is 0. The van der Waals surface area contributed by atoms with Crippen LogP contribution in [0.15, 0.2) is 72.3 Å². The van der Waals surface area contributed by atoms with Crippen molar-refractivity contribution < 1.29 is 44.5 Å². The largest absolute Gasteiger partial charge is 0.508 e. The molecule has 4 atom stereocenters. The molecule has 0 radical (unpaired) electrons. The van der Waals surface area contributed by atoms with Gasteiger partial charge >= 0.3 is 0 Å². The second-order valence-electron chi connectivity index (χ2n) is 13.8. The number of phenolic OH excluding ortho intramolecular Hbond substituents is 5. The molecule has 9 heteroatoms. The van der Waals surface area contributed by atoms with Crippen LogP contribution < -0.4 is 14.2 Å². The number of ketones is 1. The van der Waals surface area contributed by atoms with Crippen molar-refractivity contribution in [1.82, 2.24) is 0 Å². The first kappa shape index (κ1) is 31.3. The van der Waals surface area contributed by atoms with Crippen molar-refractivity contribution in [2.45, 2.75) is 70.7 Å². The Balaban J connectivity index is 1.31. The van der Waals surface area contributed by atoms with Gasteiger partial charge in [-0.05, 0) is 82.0 Å². The molecule has 0 fully saturated rings. The van der Waals surface area contributed by atoms with Gasteiger partial charge in [-0.1, -0.05) is 23.8 Å². The molecule has 0 saturated heterocycles. The minimum absolute atomic E-state index is 0.0782. The van der Waals surface area contributed by atoms with Gasteiger partial charge in [-0.15, -0.1) is 0 Å². The molecule has 7 rings (SSSR count). The zero-order valence-electron chi connectivity index (χ0n) is 27.2. The van der Waals surface area contributed by atoms with Gasteiger partial charge in [0.2, 0.25) is 0 Å². The second kappa shape index (κ2) is 11.4. The molecular formula is C39H38O9. The molecule has 0 saturated carbocycles. The summed E-state index contributed by atoms with van der Waals surface area (Å²) < 4.78 is 19.4. The fourth-order valence-corrected chi connectivity index (χ4v) is 7.23. The number of carbonyl (C=O) groups is 1. The lowest BCUT2D eigenvalue weighted by Gasteiger charge is -2.41. The molecule has 0 aromatic heterocycles. The quantitative estimate of drug-likeness (QED) is 0.136. The summed E-state index contributed by atoms with van der Waals surface area (Å²) in [6.07, 6.45) is 1.85. The summed E-state index contributed by atoms with van der Waals surface area (Å²) in [6, 6.07) is 15.6. The van der Waals surface area contributed by atoms with Crippen molar-refractivity contribution in [3.05, 3.63) is 106 Å². The Morgan fingerprint density at radius 2 is 1.48 bits per heavy atom. The molecule has 9 nitrogen and oxygen atoms in total. The molecule has 3 aliphatic heterocycles. The predicted molar refractivity (Wildman–Crippen MR) is 178 cm³/mol. The topological polar surface area (TPSA) is 146 Å². The van der Waals surface area contributed by atoms with Crippen molar-refractivity contribution in [1.29, 1.82) is 0 Å². The number of ether oxygens (including phenoxy) is 3. The van der Waals surface area contributed by atoms with Crippen molar-refractivity contribution in [2.75, 3.05) is 0 Å². The van der Waals surface area contributed by atoms with Crippen LogP contribution in [0.4, 0.5) is 0 Å². The van der Waals surface area contributed by atoms with Crippen molar-refractivity contribution in [2.24, 2.45) is 5.92 Å². The molecule has 4 aromatic carbocycles. The highest BCUT2D eigenvalue weighted by Gasteiger charge is 2.43. The minimum atomic E-state index is -0.890. The number of phenols is 5. The number of hydrogen-bond acceptors (Lipinski definition) is 9. The smallest absolute Gasteiger partial charge is 0.174 e. The molecule has 0 aliphatic carbocycles. The van der Waals surface area contributed by atoms with Crippen LogP contribution in [0.2, 0.25) is 0 Å². The molecule has 0 spiro atoms. The predicted octanol–water partition coefficient (Wildman–Crippen LogP) is 7.87. The van der Waals surface area contributed by atoms with Crippen LogP contribution in [0.3, 0.4) is 0 Å². The van der Waals surface area contributed by atoms with Gasteiger partial charge in [0.15, 0.2) is 5.78 Å². The fraction of sp³-hybridized carbons (Fsp3) is 0.308. The maximum atomic E-state index is 13.7. The lowest BCUT2D eigenvalue weighted by molar-refractivity contribution is 0.0255. The summed E-state index contributed by atoms with van der Waals surface area (Å²) in [4.78, 5) is 13.7. The Labute approximate surface area is 278 Å². The van der Waals surface area contributed by atoms with Gasteiger partial charge in [0, 0.05) is 40.8 Å². The fourth-order valence-electron chi connectivity index (χ4n) is 7.23. The summed E-state index contributed by atoms with van der Waals surface area (Å²) in [6.45, 7) is 8.13. The third-order valence-electron chi connectivity index (χ3n) is 9.75. The average Bonchev–Trinajstić information content (AvgIpc) is 3.37. The number of carbonyl (C=O) groups excluding carboxylic acids is 1. The molecule has 5 N–H and O–H groups in total. The SMILES string of the molecule is CC(C)=CC[C@@H]1Cc2c(cc(O)c3c2O[C@H](c2cc4c(cc2O)O[C@@H](c2ccc(O)cc2)[C@@H]4c2cc(O)cc(O)c2)CC3=O)OC1(C)C. The van der Waals surface area contributed by atoms with Gasteiger partial charge in [0.25, 0.3) is 0 Å². The van der Waals surface area contributed by atoms with Crippen LogP contribution in [0, 0.1) is 5.92 Å². The normalized spacial score (nSPS) is 22.0. The average molecular weight is 651 g/mol. The standard InChI is InChI=1S/C39H38O9/c1-19(2)5-8-22-13-28-34(48-39(22,3)4)18-31(45)36-30(44)17-32(47-38(28)36)26-15-27-33(16-29(26)43)46-37(20-6-9-23(40)10-7-20)35(27)21-11-24(41)14-25(42)12-21/h5-7,9-12,14-16,18,22,32,35,37,40-43,45H,8,13,17H2,1-4H3/t22-,32+,35-,37+/m1/s1. The molecule has 248 valence electrons. The number of fused-ring (bicyclic) bond motifs is 4. The molecule has 0 amide bonds. The molecule has 0 bridgehead atoms. The highest BCUT2D eigenvalue weighted by atomic mass is 16.5. The van der Waals surface area contributed by atoms with Gasteiger partial charge in [-0.2, -0.15) is 0 Å². The van der Waals surface area contributed by atoms with Gasteiger partial charge in [-0.3, -0.25) is 4.79 Å². The van der Waals surface area contributed by atoms with Crippen LogP contribution in [0.1, 0.15) is 96.8 Å². The van der Waals surface area contributed by atoms with E-state index < -0.39 is 23.7 Å². The number of Topliss-reactive ketones (excluding diaryl/α,β-unsaturated/α-hetero) is 1. The van der Waals surface area contributed by atoms with E-state index in [4.69, 9.17) is 14.2 Å². The second-order valence-corrected chi connectivity index (χ2v) is 13.8. The molecule has 3 heterocycles. The van der Waals surface area contributed by atoms with E-state index in [0.717, 1.165) is 12.0 Å². The highest BCUT2D eigenvalue weighted by molar-refractivity contribution is 6.03. The van der Waals surface area contributed by atoms with Gasteiger partial charge in [0.05, 0.1) is 12.3 Å². The van der Waals surface area contributed by atoms with Crippen molar-refractivity contribution in [3.63, 3.8) is 0 Å². The van der Waals surface area contributed by atoms with Gasteiger partial charge < -0.3 is 39.7 Å². The summed E-state index contributed by atoms with van der Waals surface area (Å²) in [5.41, 5.74) is 3.77. The third kappa shape index (κ3) is 5.43. The lowest BCUT2D eigenvalue weighted by Crippen LogP contribution is -2.42. The van der Waals surface area contributed by atoms with E-state index in [1.165, 1.54) is 23.8 Å². The molecular weight excluding hydrogens is 612 g/mol. The van der Waals surface area contributed by atoms with Crippen LogP contribution in [-0.4, -0.2) is 36.9 Å². The van der Waals surface area contributed by atoms with Crippen LogP contribution in [0.5, 0.6) is 46.0 Å². The van der Waals surface area contributed by atoms with E-state index in [1.807, 2.05) is 27.7 Å². The first-order chi connectivity index (χ1) is 22.8. The number of hydrogen-bond donors (Lipinski definition) is 5. The Kier molecular flexibility index (Phi) is 7.46. The lowest BCUT2D eigenvalue weighted by atomic mass is 9.78. The first-order valence-electron chi connectivity index (χ1n) is 16.1. The number of allylic oxidation sites excluding steroid dienone is 2. The summed E-state index contributed by atoms with van der Waals surface area (Å²) in [5, 5.41) is 53.0. The van der Waals surface area contributed by atoms with Crippen molar-refractivity contribution in [3.8, 4) is 46.0 Å². The highest BCUT2D eigenvalue weighted by Crippen LogP contribution is 2.55. The van der Waals surface area contributed by atoms with E-state index in [1.54, 1.807) is 42.5 Å². The van der Waals surface area contributed by atoms with Crippen LogP contribution in [0.25, 0.3) is 0 Å². The maximum absolute atomic E-state index is 13.7. The molecule has 0 unspecified atom stereocenters. The monoisotopic (exact) mass is 650 g/mol. The minimum Gasteiger partial charge on any atom is -0.508 e. The zero-order chi connectivity index (χ0) is 34.1. The maximum Gasteiger partial charge on any atom is 0.174 e. The summed E-state index contributed by atoms with van der Waals surface area (Å²) in [5.74, 6) is -0.185. The summed E-state index contributed by atoms with van der Waals surface area (Å²) in [7, 11) is 0. The van der Waals surface area contributed by atoms with E-state index in [-0.39, 0.29) is 58.2 Å².